The normalized spacial score (nSPS) is 27.5. The number of hydrogen-bond donors (Lipinski definition) is 0. The molecule has 4 aliphatic heterocycles. The second kappa shape index (κ2) is 18.7. The molecule has 332 valence electrons. The van der Waals surface area contributed by atoms with Gasteiger partial charge in [0.1, 0.15) is 25.5 Å². The zero-order chi connectivity index (χ0) is 44.0. The maximum atomic E-state index is 13.4. The maximum Gasteiger partial charge on any atom is 0.411 e. The number of amides is 4. The van der Waals surface area contributed by atoms with E-state index in [1.807, 2.05) is 60.7 Å². The monoisotopic (exact) mass is 854 g/mol. The summed E-state index contributed by atoms with van der Waals surface area (Å²) in [6.45, 7) is 7.19. The highest BCUT2D eigenvalue weighted by atomic mass is 16.6. The van der Waals surface area contributed by atoms with Gasteiger partial charge in [0.2, 0.25) is 0 Å². The molecule has 19 heteroatoms. The number of methoxy groups -OCH3 is 2. The van der Waals surface area contributed by atoms with Crippen LogP contribution in [0.15, 0.2) is 60.7 Å². The number of carbonyl (C=O) groups excluding carboxylic acids is 6. The molecular formula is C42H54N4O15. The molecule has 0 spiro atoms. The van der Waals surface area contributed by atoms with E-state index in [1.165, 1.54) is 33.8 Å². The second-order valence-corrected chi connectivity index (χ2v) is 15.7. The van der Waals surface area contributed by atoms with E-state index in [9.17, 15) is 28.8 Å². The Bertz CT molecular complexity index is 1790. The fraction of sp³-hybridized carbons (Fsp3) is 0.571. The van der Waals surface area contributed by atoms with Gasteiger partial charge in [-0.05, 0) is 38.8 Å². The molecule has 61 heavy (non-hydrogen) atoms. The highest BCUT2D eigenvalue weighted by Gasteiger charge is 2.75. The van der Waals surface area contributed by atoms with Crippen molar-refractivity contribution in [2.75, 3.05) is 80.2 Å². The molecule has 0 aliphatic carbocycles. The van der Waals surface area contributed by atoms with Gasteiger partial charge in [0.25, 0.3) is 11.8 Å². The fourth-order valence-electron chi connectivity index (χ4n) is 8.27. The van der Waals surface area contributed by atoms with Crippen molar-refractivity contribution < 1.29 is 71.4 Å². The molecule has 4 heterocycles. The molecule has 2 unspecified atom stereocenters. The van der Waals surface area contributed by atoms with Gasteiger partial charge in [0.15, 0.2) is 22.3 Å². The molecule has 6 atom stereocenters. The molecular weight excluding hydrogens is 800 g/mol. The first kappa shape index (κ1) is 45.2. The Hall–Kier alpha value is -5.34. The molecule has 4 aliphatic rings. The van der Waals surface area contributed by atoms with E-state index < -0.39 is 70.6 Å². The van der Waals surface area contributed by atoms with Crippen LogP contribution in [0.25, 0.3) is 0 Å². The Morgan fingerprint density at radius 3 is 1.20 bits per heavy atom. The van der Waals surface area contributed by atoms with Gasteiger partial charge < -0.3 is 42.6 Å². The number of hydrogen-bond acceptors (Lipinski definition) is 15. The van der Waals surface area contributed by atoms with Crippen LogP contribution in [0, 0.1) is 0 Å². The molecule has 0 radical (unpaired) electrons. The summed E-state index contributed by atoms with van der Waals surface area (Å²) in [5.41, 5.74) is -4.17. The third-order valence-corrected chi connectivity index (χ3v) is 11.5. The van der Waals surface area contributed by atoms with Crippen molar-refractivity contribution in [3.8, 4) is 0 Å². The third kappa shape index (κ3) is 8.61. The molecule has 6 rings (SSSR count). The molecule has 0 N–H and O–H groups in total. The van der Waals surface area contributed by atoms with Crippen LogP contribution in [0.1, 0.15) is 38.8 Å². The summed E-state index contributed by atoms with van der Waals surface area (Å²) in [5.74, 6) is -2.25. The summed E-state index contributed by atoms with van der Waals surface area (Å²) < 4.78 is 49.9. The Labute approximate surface area is 353 Å². The molecule has 4 saturated heterocycles. The van der Waals surface area contributed by atoms with Gasteiger partial charge >= 0.3 is 24.1 Å². The lowest BCUT2D eigenvalue weighted by molar-refractivity contribution is -0.219. The van der Waals surface area contributed by atoms with Gasteiger partial charge in [-0.1, -0.05) is 60.7 Å². The fourth-order valence-corrected chi connectivity index (χ4v) is 8.27. The molecule has 4 fully saturated rings. The SMILES string of the molecule is COC(=O)[C@]1(C)CN(C(=O)OCc2ccccc2)C2N1C(=O)[C@@]2(C)OCCOCCOCCOCCO[C@]1(C)C(=O)N2C1N(C(=O)OCc1ccccc1)C[C@@]2(C)C(=O)OC. The molecule has 0 saturated carbocycles. The van der Waals surface area contributed by atoms with Crippen molar-refractivity contribution in [1.29, 1.82) is 0 Å². The minimum Gasteiger partial charge on any atom is -0.467 e. The lowest BCUT2D eigenvalue weighted by atomic mass is 9.86. The molecule has 2 aromatic rings. The second-order valence-electron chi connectivity index (χ2n) is 15.7. The lowest BCUT2D eigenvalue weighted by Gasteiger charge is -2.54. The molecule has 4 amide bonds. The van der Waals surface area contributed by atoms with Crippen LogP contribution in [0.5, 0.6) is 0 Å². The molecule has 0 aromatic heterocycles. The number of rotatable bonds is 20. The van der Waals surface area contributed by atoms with E-state index in [4.69, 9.17) is 42.6 Å². The molecule has 2 aromatic carbocycles. The van der Waals surface area contributed by atoms with Crippen molar-refractivity contribution >= 4 is 35.9 Å². The largest absolute Gasteiger partial charge is 0.467 e. The van der Waals surface area contributed by atoms with E-state index in [-0.39, 0.29) is 79.2 Å². The zero-order valence-corrected chi connectivity index (χ0v) is 35.3. The minimum atomic E-state index is -1.45. The number of β-lactam (4-membered cyclic amide) rings is 2. The first-order valence-corrected chi connectivity index (χ1v) is 20.0. The van der Waals surface area contributed by atoms with Crippen LogP contribution in [0.4, 0.5) is 9.59 Å². The van der Waals surface area contributed by atoms with E-state index in [0.717, 1.165) is 11.1 Å². The predicted octanol–water partition coefficient (Wildman–Crippen LogP) is 2.09. The number of ether oxygens (including phenoxy) is 9. The number of esters is 2. The van der Waals surface area contributed by atoms with Gasteiger partial charge in [0, 0.05) is 0 Å². The van der Waals surface area contributed by atoms with Crippen LogP contribution in [0.2, 0.25) is 0 Å². The van der Waals surface area contributed by atoms with Crippen molar-refractivity contribution in [3.05, 3.63) is 71.8 Å². The average Bonchev–Trinajstić information content (AvgIpc) is 3.76. The van der Waals surface area contributed by atoms with Crippen LogP contribution >= 0.6 is 0 Å². The summed E-state index contributed by atoms with van der Waals surface area (Å²) >= 11 is 0. The molecule has 0 bridgehead atoms. The predicted molar refractivity (Wildman–Crippen MR) is 210 cm³/mol. The number of nitrogens with zero attached hydrogens (tertiary/aromatic N) is 4. The van der Waals surface area contributed by atoms with E-state index in [1.54, 1.807) is 27.7 Å². The summed E-state index contributed by atoms with van der Waals surface area (Å²) in [6, 6.07) is 18.3. The maximum absolute atomic E-state index is 13.4. The lowest BCUT2D eigenvalue weighted by Crippen LogP contribution is -2.78. The van der Waals surface area contributed by atoms with Gasteiger partial charge in [0.05, 0.1) is 80.2 Å². The Morgan fingerprint density at radius 1 is 0.541 bits per heavy atom. The Morgan fingerprint density at radius 2 is 0.869 bits per heavy atom. The van der Waals surface area contributed by atoms with Gasteiger partial charge in [-0.15, -0.1) is 0 Å². The van der Waals surface area contributed by atoms with E-state index in [2.05, 4.69) is 0 Å². The van der Waals surface area contributed by atoms with Crippen LogP contribution in [-0.2, 0) is 75.0 Å². The number of carbonyl (C=O) groups is 6. The van der Waals surface area contributed by atoms with Crippen LogP contribution in [-0.4, -0.2) is 170 Å². The Kier molecular flexibility index (Phi) is 13.9. The summed E-state index contributed by atoms with van der Waals surface area (Å²) in [5, 5.41) is 0. The van der Waals surface area contributed by atoms with Gasteiger partial charge in [-0.3, -0.25) is 29.2 Å². The number of benzene rings is 2. The Balaban J connectivity index is 0.880. The minimum absolute atomic E-state index is 0.0112. The van der Waals surface area contributed by atoms with Crippen molar-refractivity contribution in [2.45, 2.75) is 75.5 Å². The van der Waals surface area contributed by atoms with Crippen molar-refractivity contribution in [1.82, 2.24) is 19.6 Å². The van der Waals surface area contributed by atoms with Crippen molar-refractivity contribution in [3.63, 3.8) is 0 Å². The van der Waals surface area contributed by atoms with E-state index >= 15 is 0 Å². The average molecular weight is 855 g/mol. The first-order valence-electron chi connectivity index (χ1n) is 20.0. The number of fused-ring (bicyclic) bond motifs is 2. The zero-order valence-electron chi connectivity index (χ0n) is 35.3. The van der Waals surface area contributed by atoms with Gasteiger partial charge in [-0.2, -0.15) is 0 Å². The van der Waals surface area contributed by atoms with Crippen LogP contribution in [0.3, 0.4) is 0 Å². The van der Waals surface area contributed by atoms with E-state index in [0.29, 0.717) is 0 Å². The highest BCUT2D eigenvalue weighted by Crippen LogP contribution is 2.49. The summed E-state index contributed by atoms with van der Waals surface area (Å²) in [6.07, 6.45) is -3.20. The topological polar surface area (TPSA) is 198 Å². The first-order chi connectivity index (χ1) is 29.2. The third-order valence-electron chi connectivity index (χ3n) is 11.5. The highest BCUT2D eigenvalue weighted by molar-refractivity contribution is 6.01. The standard InChI is InChI=1S/C42H54N4O15/c1-39(35(49)53-5)27-43(37(51)58-25-29-13-9-7-10-14-29)31-41(3,33(47)45(31)39)60-23-21-56-19-17-55-18-20-57-22-24-61-42(4)32-44(38(52)59-26-30-15-11-8-12-16-30)28-40(2,36(50)54-6)46(32)34(42)48/h7-16,31-32H,17-28H2,1-6H3/t31?,32?,39-,40-,41-,42-/m0/s1. The van der Waals surface area contributed by atoms with Crippen LogP contribution < -0.4 is 0 Å². The van der Waals surface area contributed by atoms with Crippen molar-refractivity contribution in [2.24, 2.45) is 0 Å². The molecule has 19 nitrogen and oxygen atoms in total. The smallest absolute Gasteiger partial charge is 0.411 e. The van der Waals surface area contributed by atoms with Gasteiger partial charge in [-0.25, -0.2) is 19.2 Å². The summed E-state index contributed by atoms with van der Waals surface area (Å²) in [4.78, 5) is 84.3. The summed E-state index contributed by atoms with van der Waals surface area (Å²) in [7, 11) is 2.45. The quantitative estimate of drug-likeness (QED) is 0.0812.